The smallest absolute Gasteiger partial charge is 0.410 e. The number of amides is 1. The second kappa shape index (κ2) is 7.42. The fourth-order valence-electron chi connectivity index (χ4n) is 1.89. The molecule has 0 fully saturated rings. The number of hydrogen-bond donors (Lipinski definition) is 1. The molecule has 0 radical (unpaired) electrons. The molecule has 0 aliphatic heterocycles. The van der Waals surface area contributed by atoms with E-state index in [2.05, 4.69) is 10.3 Å². The minimum absolute atomic E-state index is 0.271. The molecular formula is C16H29N3O2S. The molecular weight excluding hydrogens is 298 g/mol. The van der Waals surface area contributed by atoms with Gasteiger partial charge >= 0.3 is 6.09 Å². The predicted molar refractivity (Wildman–Crippen MR) is 91.3 cm³/mol. The Bertz CT molecular complexity index is 486. The third kappa shape index (κ3) is 6.75. The van der Waals surface area contributed by atoms with Crippen molar-refractivity contribution in [1.82, 2.24) is 15.2 Å². The summed E-state index contributed by atoms with van der Waals surface area (Å²) in [6.07, 6.45) is -0.271. The molecule has 22 heavy (non-hydrogen) atoms. The average Bonchev–Trinajstić information content (AvgIpc) is 2.70. The van der Waals surface area contributed by atoms with Gasteiger partial charge in [-0.3, -0.25) is 0 Å². The molecule has 0 saturated carbocycles. The summed E-state index contributed by atoms with van der Waals surface area (Å²) in [6.45, 7) is 15.7. The highest BCUT2D eigenvalue weighted by atomic mass is 32.1. The third-order valence-corrected chi connectivity index (χ3v) is 3.85. The van der Waals surface area contributed by atoms with Crippen LogP contribution in [-0.4, -0.2) is 40.2 Å². The molecule has 1 heterocycles. The van der Waals surface area contributed by atoms with Crippen molar-refractivity contribution in [3.05, 3.63) is 16.1 Å². The van der Waals surface area contributed by atoms with Crippen LogP contribution in [0.5, 0.6) is 0 Å². The lowest BCUT2D eigenvalue weighted by Gasteiger charge is -2.36. The topological polar surface area (TPSA) is 54.5 Å². The lowest BCUT2D eigenvalue weighted by molar-refractivity contribution is 0.00663. The van der Waals surface area contributed by atoms with Gasteiger partial charge in [-0.1, -0.05) is 0 Å². The van der Waals surface area contributed by atoms with Gasteiger partial charge in [0.25, 0.3) is 0 Å². The van der Waals surface area contributed by atoms with Crippen molar-refractivity contribution in [3.63, 3.8) is 0 Å². The SMILES string of the molecule is Cc1csc(CNCCN(C(=O)OC(C)(C)C)C(C)(C)C)n1. The highest BCUT2D eigenvalue weighted by Crippen LogP contribution is 2.18. The molecule has 0 aliphatic carbocycles. The van der Waals surface area contributed by atoms with E-state index in [0.717, 1.165) is 17.2 Å². The number of carbonyl (C=O) groups is 1. The molecule has 126 valence electrons. The molecule has 0 aromatic carbocycles. The van der Waals surface area contributed by atoms with Crippen LogP contribution in [-0.2, 0) is 11.3 Å². The minimum Gasteiger partial charge on any atom is -0.444 e. The second-order valence-electron chi connectivity index (χ2n) is 7.36. The van der Waals surface area contributed by atoms with Crippen LogP contribution in [0.4, 0.5) is 4.79 Å². The lowest BCUT2D eigenvalue weighted by Crippen LogP contribution is -2.50. The molecule has 0 unspecified atom stereocenters. The number of hydrogen-bond acceptors (Lipinski definition) is 5. The normalized spacial score (nSPS) is 12.3. The monoisotopic (exact) mass is 327 g/mol. The standard InChI is InChI=1S/C16H29N3O2S/c1-12-11-22-13(18-12)10-17-8-9-19(15(2,3)4)14(20)21-16(5,6)7/h11,17H,8-10H2,1-7H3. The van der Waals surface area contributed by atoms with Gasteiger partial charge in [0.05, 0.1) is 0 Å². The average molecular weight is 327 g/mol. The molecule has 0 atom stereocenters. The minimum atomic E-state index is -0.480. The van der Waals surface area contributed by atoms with Gasteiger partial charge in [0.15, 0.2) is 0 Å². The second-order valence-corrected chi connectivity index (χ2v) is 8.30. The Balaban J connectivity index is 2.50. The lowest BCUT2D eigenvalue weighted by atomic mass is 10.1. The molecule has 1 aromatic heterocycles. The van der Waals surface area contributed by atoms with Gasteiger partial charge in [0.1, 0.15) is 10.6 Å². The molecule has 6 heteroatoms. The highest BCUT2D eigenvalue weighted by Gasteiger charge is 2.30. The van der Waals surface area contributed by atoms with Crippen molar-refractivity contribution in [2.75, 3.05) is 13.1 Å². The zero-order valence-electron chi connectivity index (χ0n) is 14.8. The van der Waals surface area contributed by atoms with Gasteiger partial charge in [-0.05, 0) is 48.5 Å². The van der Waals surface area contributed by atoms with E-state index in [1.165, 1.54) is 0 Å². The Morgan fingerprint density at radius 3 is 2.41 bits per heavy atom. The first-order valence-electron chi connectivity index (χ1n) is 7.61. The van der Waals surface area contributed by atoms with Gasteiger partial charge in [0.2, 0.25) is 0 Å². The van der Waals surface area contributed by atoms with Crippen molar-refractivity contribution in [2.24, 2.45) is 0 Å². The zero-order valence-corrected chi connectivity index (χ0v) is 15.6. The summed E-state index contributed by atoms with van der Waals surface area (Å²) in [7, 11) is 0. The van der Waals surface area contributed by atoms with Crippen molar-refractivity contribution < 1.29 is 9.53 Å². The molecule has 1 rings (SSSR count). The largest absolute Gasteiger partial charge is 0.444 e. The van der Waals surface area contributed by atoms with Gasteiger partial charge in [-0.2, -0.15) is 0 Å². The summed E-state index contributed by atoms with van der Waals surface area (Å²) in [5, 5.41) is 6.44. The molecule has 1 aromatic rings. The molecule has 0 aliphatic rings. The van der Waals surface area contributed by atoms with Crippen molar-refractivity contribution in [1.29, 1.82) is 0 Å². The summed E-state index contributed by atoms with van der Waals surface area (Å²) in [4.78, 5) is 18.5. The van der Waals surface area contributed by atoms with E-state index in [1.807, 2.05) is 53.8 Å². The fourth-order valence-corrected chi connectivity index (χ4v) is 2.63. The summed E-state index contributed by atoms with van der Waals surface area (Å²) in [5.41, 5.74) is 0.292. The first-order valence-corrected chi connectivity index (χ1v) is 8.49. The Labute approximate surface area is 138 Å². The van der Waals surface area contributed by atoms with Crippen LogP contribution in [0.1, 0.15) is 52.2 Å². The molecule has 0 bridgehead atoms. The Kier molecular flexibility index (Phi) is 6.38. The number of rotatable bonds is 5. The fraction of sp³-hybridized carbons (Fsp3) is 0.750. The van der Waals surface area contributed by atoms with E-state index in [0.29, 0.717) is 13.1 Å². The zero-order chi connectivity index (χ0) is 17.0. The van der Waals surface area contributed by atoms with Crippen LogP contribution >= 0.6 is 11.3 Å². The number of nitrogens with zero attached hydrogens (tertiary/aromatic N) is 2. The van der Waals surface area contributed by atoms with E-state index in [-0.39, 0.29) is 11.6 Å². The number of ether oxygens (including phenoxy) is 1. The van der Waals surface area contributed by atoms with Crippen molar-refractivity contribution in [3.8, 4) is 0 Å². The van der Waals surface area contributed by atoms with Crippen molar-refractivity contribution >= 4 is 17.4 Å². The van der Waals surface area contributed by atoms with Crippen LogP contribution in [0.3, 0.4) is 0 Å². The van der Waals surface area contributed by atoms with Gasteiger partial charge in [-0.25, -0.2) is 9.78 Å². The van der Waals surface area contributed by atoms with E-state index in [4.69, 9.17) is 4.74 Å². The van der Waals surface area contributed by atoms with Gasteiger partial charge < -0.3 is 15.0 Å². The van der Waals surface area contributed by atoms with E-state index in [1.54, 1.807) is 16.2 Å². The highest BCUT2D eigenvalue weighted by molar-refractivity contribution is 7.09. The summed E-state index contributed by atoms with van der Waals surface area (Å²) >= 11 is 1.65. The Morgan fingerprint density at radius 2 is 1.95 bits per heavy atom. The molecule has 0 spiro atoms. The number of aromatic nitrogens is 1. The maximum atomic E-state index is 12.3. The quantitative estimate of drug-likeness (QED) is 0.840. The number of thiazole rings is 1. The molecule has 0 saturated heterocycles. The maximum Gasteiger partial charge on any atom is 0.410 e. The van der Waals surface area contributed by atoms with Crippen LogP contribution in [0.2, 0.25) is 0 Å². The molecule has 1 N–H and O–H groups in total. The predicted octanol–water partition coefficient (Wildman–Crippen LogP) is 3.58. The number of aryl methyl sites for hydroxylation is 1. The maximum absolute atomic E-state index is 12.3. The summed E-state index contributed by atoms with van der Waals surface area (Å²) < 4.78 is 5.49. The van der Waals surface area contributed by atoms with Crippen LogP contribution in [0, 0.1) is 6.92 Å². The molecule has 1 amide bonds. The Morgan fingerprint density at radius 1 is 1.32 bits per heavy atom. The first-order chi connectivity index (χ1) is 9.99. The Hall–Kier alpha value is -1.14. The van der Waals surface area contributed by atoms with Gasteiger partial charge in [-0.15, -0.1) is 11.3 Å². The van der Waals surface area contributed by atoms with E-state index >= 15 is 0 Å². The summed E-state index contributed by atoms with van der Waals surface area (Å²) in [5.74, 6) is 0. The third-order valence-electron chi connectivity index (χ3n) is 2.88. The summed E-state index contributed by atoms with van der Waals surface area (Å²) in [6, 6.07) is 0. The first kappa shape index (κ1) is 18.9. The van der Waals surface area contributed by atoms with Crippen LogP contribution < -0.4 is 5.32 Å². The van der Waals surface area contributed by atoms with E-state index < -0.39 is 5.60 Å². The van der Waals surface area contributed by atoms with Crippen LogP contribution in [0.15, 0.2) is 5.38 Å². The van der Waals surface area contributed by atoms with E-state index in [9.17, 15) is 4.79 Å². The molecule has 5 nitrogen and oxygen atoms in total. The van der Waals surface area contributed by atoms with Crippen LogP contribution in [0.25, 0.3) is 0 Å². The number of carbonyl (C=O) groups excluding carboxylic acids is 1. The van der Waals surface area contributed by atoms with Gasteiger partial charge in [0, 0.05) is 36.2 Å². The number of nitrogens with one attached hydrogen (secondary N) is 1. The van der Waals surface area contributed by atoms with Crippen molar-refractivity contribution in [2.45, 2.75) is 66.2 Å².